The van der Waals surface area contributed by atoms with Crippen molar-refractivity contribution in [3.63, 3.8) is 0 Å². The molecule has 0 amide bonds. The number of nitrogens with zero attached hydrogens (tertiary/aromatic N) is 3. The molecule has 0 aromatic carbocycles. The van der Waals surface area contributed by atoms with E-state index >= 15 is 0 Å². The molecule has 0 aliphatic rings. The van der Waals surface area contributed by atoms with Crippen molar-refractivity contribution in [2.24, 2.45) is 0 Å². The molecule has 0 atom stereocenters. The van der Waals surface area contributed by atoms with Gasteiger partial charge in [0.25, 0.3) is 5.19 Å². The summed E-state index contributed by atoms with van der Waals surface area (Å²) in [6, 6.07) is 0. The fraction of sp³-hybridized carbons (Fsp3) is 0.286. The SMILES string of the molecule is CCOc1nc2cncnc2s1. The van der Waals surface area contributed by atoms with E-state index in [1.165, 1.54) is 17.7 Å². The Balaban J connectivity index is 2.47. The Hall–Kier alpha value is -1.23. The topological polar surface area (TPSA) is 47.9 Å². The maximum absolute atomic E-state index is 5.23. The van der Waals surface area contributed by atoms with Gasteiger partial charge in [0.2, 0.25) is 0 Å². The molecule has 2 aromatic rings. The highest BCUT2D eigenvalue weighted by atomic mass is 32.1. The molecule has 0 fully saturated rings. The van der Waals surface area contributed by atoms with Crippen LogP contribution in [0, 0.1) is 0 Å². The van der Waals surface area contributed by atoms with E-state index in [4.69, 9.17) is 4.74 Å². The second-order valence-corrected chi connectivity index (χ2v) is 3.07. The van der Waals surface area contributed by atoms with E-state index in [1.54, 1.807) is 6.20 Å². The molecule has 0 N–H and O–H groups in total. The molecule has 0 saturated carbocycles. The molecule has 0 bridgehead atoms. The number of hydrogen-bond donors (Lipinski definition) is 0. The van der Waals surface area contributed by atoms with Gasteiger partial charge in [-0.3, -0.25) is 0 Å². The van der Waals surface area contributed by atoms with Gasteiger partial charge in [0.15, 0.2) is 0 Å². The van der Waals surface area contributed by atoms with Gasteiger partial charge in [-0.15, -0.1) is 0 Å². The smallest absolute Gasteiger partial charge is 0.275 e. The van der Waals surface area contributed by atoms with E-state index in [0.717, 1.165) is 10.3 Å². The predicted octanol–water partition coefficient (Wildman–Crippen LogP) is 1.48. The summed E-state index contributed by atoms with van der Waals surface area (Å²) in [7, 11) is 0. The molecular formula is C7H7N3OS. The fourth-order valence-electron chi connectivity index (χ4n) is 0.855. The van der Waals surface area contributed by atoms with Crippen molar-refractivity contribution in [3.8, 4) is 5.19 Å². The molecule has 12 heavy (non-hydrogen) atoms. The Kier molecular flexibility index (Phi) is 1.87. The highest BCUT2D eigenvalue weighted by molar-refractivity contribution is 7.19. The van der Waals surface area contributed by atoms with Gasteiger partial charge < -0.3 is 4.74 Å². The molecule has 2 heterocycles. The molecule has 62 valence electrons. The van der Waals surface area contributed by atoms with E-state index in [-0.39, 0.29) is 0 Å². The third-order valence-electron chi connectivity index (χ3n) is 1.32. The lowest BCUT2D eigenvalue weighted by Gasteiger charge is -1.91. The van der Waals surface area contributed by atoms with Crippen molar-refractivity contribution in [2.45, 2.75) is 6.92 Å². The van der Waals surface area contributed by atoms with Gasteiger partial charge in [0.05, 0.1) is 12.8 Å². The van der Waals surface area contributed by atoms with Gasteiger partial charge >= 0.3 is 0 Å². The minimum Gasteiger partial charge on any atom is -0.470 e. The summed E-state index contributed by atoms with van der Waals surface area (Å²) in [6.45, 7) is 2.56. The molecule has 0 saturated heterocycles. The van der Waals surface area contributed by atoms with Crippen molar-refractivity contribution in [2.75, 3.05) is 6.61 Å². The Labute approximate surface area is 73.3 Å². The van der Waals surface area contributed by atoms with E-state index in [1.807, 2.05) is 6.92 Å². The van der Waals surface area contributed by atoms with Crippen LogP contribution in [0.2, 0.25) is 0 Å². The van der Waals surface area contributed by atoms with Crippen molar-refractivity contribution in [1.29, 1.82) is 0 Å². The maximum atomic E-state index is 5.23. The zero-order valence-electron chi connectivity index (χ0n) is 6.52. The van der Waals surface area contributed by atoms with Gasteiger partial charge in [0, 0.05) is 0 Å². The summed E-state index contributed by atoms with van der Waals surface area (Å²) in [5.74, 6) is 0. The molecule has 2 aromatic heterocycles. The summed E-state index contributed by atoms with van der Waals surface area (Å²) in [5, 5.41) is 0.660. The Morgan fingerprint density at radius 3 is 3.25 bits per heavy atom. The molecule has 0 aliphatic heterocycles. The number of thiazole rings is 1. The molecule has 0 spiro atoms. The number of hydrogen-bond acceptors (Lipinski definition) is 5. The summed E-state index contributed by atoms with van der Waals surface area (Å²) in [5.41, 5.74) is 0.797. The second kappa shape index (κ2) is 3.02. The number of aromatic nitrogens is 3. The van der Waals surface area contributed by atoms with Crippen molar-refractivity contribution in [1.82, 2.24) is 15.0 Å². The van der Waals surface area contributed by atoms with E-state index in [0.29, 0.717) is 11.8 Å². The third kappa shape index (κ3) is 1.23. The first-order chi connectivity index (χ1) is 5.90. The van der Waals surface area contributed by atoms with Crippen LogP contribution < -0.4 is 4.74 Å². The van der Waals surface area contributed by atoms with E-state index in [9.17, 15) is 0 Å². The van der Waals surface area contributed by atoms with E-state index < -0.39 is 0 Å². The molecule has 0 aliphatic carbocycles. The Morgan fingerprint density at radius 2 is 2.50 bits per heavy atom. The van der Waals surface area contributed by atoms with Gasteiger partial charge in [-0.25, -0.2) is 9.97 Å². The Bertz CT molecular complexity index is 354. The van der Waals surface area contributed by atoms with E-state index in [2.05, 4.69) is 15.0 Å². The summed E-state index contributed by atoms with van der Waals surface area (Å²) in [4.78, 5) is 13.0. The van der Waals surface area contributed by atoms with Crippen LogP contribution in [0.4, 0.5) is 0 Å². The normalized spacial score (nSPS) is 10.4. The van der Waals surface area contributed by atoms with Crippen LogP contribution >= 0.6 is 11.3 Å². The largest absolute Gasteiger partial charge is 0.470 e. The maximum Gasteiger partial charge on any atom is 0.275 e. The first-order valence-corrected chi connectivity index (χ1v) is 4.41. The van der Waals surface area contributed by atoms with Gasteiger partial charge in [-0.05, 0) is 6.92 Å². The average molecular weight is 181 g/mol. The quantitative estimate of drug-likeness (QED) is 0.704. The lowest BCUT2D eigenvalue weighted by molar-refractivity contribution is 0.339. The van der Waals surface area contributed by atoms with Crippen LogP contribution in [0.1, 0.15) is 6.92 Å². The molecule has 0 unspecified atom stereocenters. The fourth-order valence-corrected chi connectivity index (χ4v) is 1.64. The van der Waals surface area contributed by atoms with Crippen molar-refractivity contribution < 1.29 is 4.74 Å². The summed E-state index contributed by atoms with van der Waals surface area (Å²) < 4.78 is 5.23. The standard InChI is InChI=1S/C7H7N3OS/c1-2-11-7-10-5-3-8-4-9-6(5)12-7/h3-4H,2H2,1H3. The van der Waals surface area contributed by atoms with Crippen molar-refractivity contribution in [3.05, 3.63) is 12.5 Å². The zero-order valence-corrected chi connectivity index (χ0v) is 7.34. The van der Waals surface area contributed by atoms with Crippen LogP contribution in [-0.2, 0) is 0 Å². The van der Waals surface area contributed by atoms with Gasteiger partial charge in [-0.1, -0.05) is 11.3 Å². The number of ether oxygens (including phenoxy) is 1. The number of fused-ring (bicyclic) bond motifs is 1. The predicted molar refractivity (Wildman–Crippen MR) is 46.4 cm³/mol. The minimum absolute atomic E-state index is 0.632. The molecule has 2 rings (SSSR count). The second-order valence-electron chi connectivity index (χ2n) is 2.13. The van der Waals surface area contributed by atoms with Crippen LogP contribution in [0.5, 0.6) is 5.19 Å². The molecule has 0 radical (unpaired) electrons. The van der Waals surface area contributed by atoms with Gasteiger partial charge in [-0.2, -0.15) is 4.98 Å². The highest BCUT2D eigenvalue weighted by Gasteiger charge is 2.03. The van der Waals surface area contributed by atoms with Crippen molar-refractivity contribution >= 4 is 21.7 Å². The zero-order chi connectivity index (χ0) is 8.39. The summed E-state index contributed by atoms with van der Waals surface area (Å²) in [6.07, 6.45) is 3.19. The van der Waals surface area contributed by atoms with Crippen LogP contribution in [0.25, 0.3) is 10.3 Å². The average Bonchev–Trinajstić information content (AvgIpc) is 2.47. The van der Waals surface area contributed by atoms with Crippen LogP contribution in [0.15, 0.2) is 12.5 Å². The molecule has 4 nitrogen and oxygen atoms in total. The monoisotopic (exact) mass is 181 g/mol. The third-order valence-corrected chi connectivity index (χ3v) is 2.21. The van der Waals surface area contributed by atoms with Gasteiger partial charge in [0.1, 0.15) is 16.7 Å². The minimum atomic E-state index is 0.632. The lowest BCUT2D eigenvalue weighted by atomic mass is 10.6. The Morgan fingerprint density at radius 1 is 1.58 bits per heavy atom. The van der Waals surface area contributed by atoms with Crippen LogP contribution in [-0.4, -0.2) is 21.6 Å². The summed E-state index contributed by atoms with van der Waals surface area (Å²) >= 11 is 1.44. The first kappa shape index (κ1) is 7.42. The highest BCUT2D eigenvalue weighted by Crippen LogP contribution is 2.24. The molecular weight excluding hydrogens is 174 g/mol. The lowest BCUT2D eigenvalue weighted by Crippen LogP contribution is -1.89. The first-order valence-electron chi connectivity index (χ1n) is 3.59. The number of rotatable bonds is 2. The molecule has 5 heteroatoms. The van der Waals surface area contributed by atoms with Crippen LogP contribution in [0.3, 0.4) is 0 Å².